The third-order valence-electron chi connectivity index (χ3n) is 4.46. The Kier molecular flexibility index (Phi) is 4.32. The number of hydrogen-bond donors (Lipinski definition) is 1. The van der Waals surface area contributed by atoms with Gasteiger partial charge in [-0.05, 0) is 44.9 Å². The number of aliphatic hydroxyl groups is 1. The Labute approximate surface area is 140 Å². The van der Waals surface area contributed by atoms with Crippen molar-refractivity contribution in [2.45, 2.75) is 39.3 Å². The third kappa shape index (κ3) is 3.01. The van der Waals surface area contributed by atoms with Crippen molar-refractivity contribution < 1.29 is 14.3 Å². The molecule has 2 heterocycles. The molecule has 5 nitrogen and oxygen atoms in total. The normalized spacial score (nSPS) is 20.5. The predicted octanol–water partition coefficient (Wildman–Crippen LogP) is 2.49. The fourth-order valence-electron chi connectivity index (χ4n) is 3.12. The maximum absolute atomic E-state index is 13.5. The molecule has 0 unspecified atom stereocenters. The molecule has 126 valence electrons. The number of likely N-dealkylation sites (tertiary alicyclic amines) is 1. The molecule has 0 aliphatic carbocycles. The van der Waals surface area contributed by atoms with Crippen LogP contribution in [0.25, 0.3) is 0 Å². The highest BCUT2D eigenvalue weighted by molar-refractivity contribution is 5.94. The number of benzene rings is 1. The highest BCUT2D eigenvalue weighted by atomic mass is 19.1. The molecule has 0 spiro atoms. The van der Waals surface area contributed by atoms with Crippen molar-refractivity contribution in [1.29, 1.82) is 0 Å². The molecule has 3 rings (SSSR count). The van der Waals surface area contributed by atoms with Gasteiger partial charge in [-0.1, -0.05) is 12.1 Å². The zero-order valence-electron chi connectivity index (χ0n) is 14.0. The number of halogens is 1. The molecule has 1 aromatic heterocycles. The number of β-amino-alcohol motifs (C(OH)–C–C–N with tert-alkyl or cyclic N) is 1. The number of carbonyl (C=O) groups is 1. The van der Waals surface area contributed by atoms with Crippen LogP contribution in [0.15, 0.2) is 24.3 Å². The summed E-state index contributed by atoms with van der Waals surface area (Å²) in [5.41, 5.74) is 3.00. The van der Waals surface area contributed by atoms with Gasteiger partial charge in [0, 0.05) is 6.54 Å². The molecular formula is C18H20FN3O2. The SMILES string of the molecule is Cc1nc(C)c(C(=O)N2C[C@@H](O)C[C@H]2c2cccc(F)c2)nc1C. The van der Waals surface area contributed by atoms with Crippen molar-refractivity contribution in [1.82, 2.24) is 14.9 Å². The Morgan fingerprint density at radius 1 is 1.21 bits per heavy atom. The lowest BCUT2D eigenvalue weighted by Crippen LogP contribution is -2.33. The van der Waals surface area contributed by atoms with Gasteiger partial charge in [0.1, 0.15) is 11.5 Å². The summed E-state index contributed by atoms with van der Waals surface area (Å²) < 4.78 is 13.5. The summed E-state index contributed by atoms with van der Waals surface area (Å²) in [6.07, 6.45) is -0.256. The van der Waals surface area contributed by atoms with Gasteiger partial charge in [-0.25, -0.2) is 9.37 Å². The first-order valence-corrected chi connectivity index (χ1v) is 7.93. The van der Waals surface area contributed by atoms with Crippen LogP contribution in [0.4, 0.5) is 4.39 Å². The van der Waals surface area contributed by atoms with Gasteiger partial charge >= 0.3 is 0 Å². The quantitative estimate of drug-likeness (QED) is 0.919. The summed E-state index contributed by atoms with van der Waals surface area (Å²) in [6, 6.07) is 5.78. The van der Waals surface area contributed by atoms with Gasteiger partial charge in [0.05, 0.1) is 29.2 Å². The van der Waals surface area contributed by atoms with Crippen LogP contribution in [0.3, 0.4) is 0 Å². The summed E-state index contributed by atoms with van der Waals surface area (Å²) in [7, 11) is 0. The second kappa shape index (κ2) is 6.28. The zero-order chi connectivity index (χ0) is 17.4. The molecule has 6 heteroatoms. The molecule has 2 atom stereocenters. The molecule has 0 saturated carbocycles. The standard InChI is InChI=1S/C18H20FN3O2/c1-10-11(2)21-17(12(3)20-10)18(24)22-9-15(23)8-16(22)13-5-4-6-14(19)7-13/h4-7,15-16,23H,8-9H2,1-3H3/t15-,16-/m0/s1. The van der Waals surface area contributed by atoms with Crippen LogP contribution >= 0.6 is 0 Å². The molecule has 1 amide bonds. The van der Waals surface area contributed by atoms with Crippen molar-refractivity contribution in [3.05, 3.63) is 58.4 Å². The summed E-state index contributed by atoms with van der Waals surface area (Å²) >= 11 is 0. The van der Waals surface area contributed by atoms with E-state index in [2.05, 4.69) is 9.97 Å². The van der Waals surface area contributed by atoms with Gasteiger partial charge in [0.25, 0.3) is 5.91 Å². The Balaban J connectivity index is 1.97. The van der Waals surface area contributed by atoms with E-state index in [9.17, 15) is 14.3 Å². The Morgan fingerprint density at radius 2 is 1.92 bits per heavy atom. The molecule has 24 heavy (non-hydrogen) atoms. The van der Waals surface area contributed by atoms with E-state index in [1.807, 2.05) is 6.92 Å². The molecule has 0 radical (unpaired) electrons. The first-order chi connectivity index (χ1) is 11.4. The van der Waals surface area contributed by atoms with E-state index in [1.165, 1.54) is 12.1 Å². The maximum atomic E-state index is 13.5. The average Bonchev–Trinajstić information content (AvgIpc) is 2.92. The fraction of sp³-hybridized carbons (Fsp3) is 0.389. The largest absolute Gasteiger partial charge is 0.391 e. The van der Waals surface area contributed by atoms with Crippen LogP contribution in [0.2, 0.25) is 0 Å². The minimum absolute atomic E-state index is 0.202. The van der Waals surface area contributed by atoms with Crippen molar-refractivity contribution in [3.8, 4) is 0 Å². The molecule has 1 saturated heterocycles. The van der Waals surface area contributed by atoms with Crippen LogP contribution in [-0.2, 0) is 0 Å². The van der Waals surface area contributed by atoms with Crippen LogP contribution in [0.5, 0.6) is 0 Å². The minimum atomic E-state index is -0.637. The molecule has 1 N–H and O–H groups in total. The lowest BCUT2D eigenvalue weighted by molar-refractivity contribution is 0.0708. The highest BCUT2D eigenvalue weighted by Crippen LogP contribution is 2.33. The van der Waals surface area contributed by atoms with E-state index < -0.39 is 6.10 Å². The average molecular weight is 329 g/mol. The number of aromatic nitrogens is 2. The summed E-state index contributed by atoms with van der Waals surface area (Å²) in [6.45, 7) is 5.60. The molecule has 1 aliphatic heterocycles. The Hall–Kier alpha value is -2.34. The lowest BCUT2D eigenvalue weighted by Gasteiger charge is -2.25. The number of aryl methyl sites for hydroxylation is 3. The molecular weight excluding hydrogens is 309 g/mol. The molecule has 1 aliphatic rings. The van der Waals surface area contributed by atoms with Gasteiger partial charge in [0.2, 0.25) is 0 Å². The van der Waals surface area contributed by atoms with Gasteiger partial charge in [0.15, 0.2) is 0 Å². The number of aliphatic hydroxyl groups excluding tert-OH is 1. The molecule has 1 aromatic carbocycles. The van der Waals surface area contributed by atoms with Gasteiger partial charge in [-0.15, -0.1) is 0 Å². The predicted molar refractivity (Wildman–Crippen MR) is 87.0 cm³/mol. The maximum Gasteiger partial charge on any atom is 0.274 e. The van der Waals surface area contributed by atoms with Crippen LogP contribution < -0.4 is 0 Å². The van der Waals surface area contributed by atoms with Crippen molar-refractivity contribution >= 4 is 5.91 Å². The number of amides is 1. The summed E-state index contributed by atoms with van der Waals surface area (Å²) in [5.74, 6) is -0.641. The monoisotopic (exact) mass is 329 g/mol. The fourth-order valence-corrected chi connectivity index (χ4v) is 3.12. The second-order valence-corrected chi connectivity index (χ2v) is 6.25. The molecule has 1 fully saturated rings. The third-order valence-corrected chi connectivity index (χ3v) is 4.46. The van der Waals surface area contributed by atoms with E-state index in [-0.39, 0.29) is 30.0 Å². The van der Waals surface area contributed by atoms with Crippen molar-refractivity contribution in [2.24, 2.45) is 0 Å². The number of rotatable bonds is 2. The number of nitrogens with zero attached hydrogens (tertiary/aromatic N) is 3. The van der Waals surface area contributed by atoms with Gasteiger partial charge in [-0.2, -0.15) is 0 Å². The van der Waals surface area contributed by atoms with Crippen molar-refractivity contribution in [2.75, 3.05) is 6.54 Å². The summed E-state index contributed by atoms with van der Waals surface area (Å²) in [5, 5.41) is 10.0. The van der Waals surface area contributed by atoms with Crippen LogP contribution in [0.1, 0.15) is 45.6 Å². The van der Waals surface area contributed by atoms with E-state index in [0.717, 1.165) is 5.69 Å². The molecule has 0 bridgehead atoms. The van der Waals surface area contributed by atoms with E-state index >= 15 is 0 Å². The Bertz CT molecular complexity index is 794. The minimum Gasteiger partial charge on any atom is -0.391 e. The summed E-state index contributed by atoms with van der Waals surface area (Å²) in [4.78, 5) is 23.3. The number of carbonyl (C=O) groups excluding carboxylic acids is 1. The smallest absolute Gasteiger partial charge is 0.274 e. The lowest BCUT2D eigenvalue weighted by atomic mass is 10.0. The van der Waals surface area contributed by atoms with Crippen molar-refractivity contribution in [3.63, 3.8) is 0 Å². The van der Waals surface area contributed by atoms with Crippen LogP contribution in [-0.4, -0.2) is 38.5 Å². The van der Waals surface area contributed by atoms with Gasteiger partial charge in [-0.3, -0.25) is 9.78 Å². The molecule has 2 aromatic rings. The first-order valence-electron chi connectivity index (χ1n) is 7.93. The van der Waals surface area contributed by atoms with E-state index in [4.69, 9.17) is 0 Å². The van der Waals surface area contributed by atoms with E-state index in [1.54, 1.807) is 30.9 Å². The topological polar surface area (TPSA) is 66.3 Å². The van der Waals surface area contributed by atoms with Crippen LogP contribution in [0, 0.1) is 26.6 Å². The van der Waals surface area contributed by atoms with E-state index in [0.29, 0.717) is 23.4 Å². The van der Waals surface area contributed by atoms with Gasteiger partial charge < -0.3 is 10.0 Å². The first kappa shape index (κ1) is 16.5. The zero-order valence-corrected chi connectivity index (χ0v) is 14.0. The Morgan fingerprint density at radius 3 is 2.62 bits per heavy atom. The highest BCUT2D eigenvalue weighted by Gasteiger charge is 2.37. The number of hydrogen-bond acceptors (Lipinski definition) is 4. The second-order valence-electron chi connectivity index (χ2n) is 6.25.